The van der Waals surface area contributed by atoms with Crippen LogP contribution in [0, 0.1) is 17.7 Å². The average molecular weight is 347 g/mol. The Labute approximate surface area is 141 Å². The fourth-order valence-electron chi connectivity index (χ4n) is 4.21. The number of nitrogens with zero attached hydrogens (tertiary/aromatic N) is 1. The number of rotatable bonds is 4. The smallest absolute Gasteiger partial charge is 0.329 e. The molecule has 2 bridgehead atoms. The monoisotopic (exact) mass is 347 g/mol. The lowest BCUT2D eigenvalue weighted by atomic mass is 9.75. The van der Waals surface area contributed by atoms with Gasteiger partial charge in [-0.1, -0.05) is 30.4 Å². The Morgan fingerprint density at radius 3 is 2.60 bits per heavy atom. The first-order valence-corrected chi connectivity index (χ1v) is 7.73. The summed E-state index contributed by atoms with van der Waals surface area (Å²) in [4.78, 5) is 37.4. The molecule has 7 nitrogen and oxygen atoms in total. The number of halogens is 1. The molecule has 25 heavy (non-hydrogen) atoms. The van der Waals surface area contributed by atoms with Crippen molar-refractivity contribution >= 4 is 17.8 Å². The number of carbonyl (C=O) groups is 3. The van der Waals surface area contributed by atoms with Gasteiger partial charge in [0.2, 0.25) is 5.91 Å². The fraction of sp³-hybridized carbons (Fsp3) is 0.353. The lowest BCUT2D eigenvalue weighted by Gasteiger charge is -2.29. The van der Waals surface area contributed by atoms with E-state index in [1.165, 1.54) is 30.4 Å². The largest absolute Gasteiger partial charge is 0.481 e. The van der Waals surface area contributed by atoms with Crippen molar-refractivity contribution in [2.45, 2.75) is 24.3 Å². The summed E-state index contributed by atoms with van der Waals surface area (Å²) in [5.74, 6) is -6.02. The molecular weight excluding hydrogens is 333 g/mol. The SMILES string of the molecule is O=C(O)C1C2C=CC3(O2)C1C(=O)N(Cc1ccccc1F)C3C(=O)O. The molecule has 0 saturated carbocycles. The van der Waals surface area contributed by atoms with Crippen LogP contribution in [0.15, 0.2) is 36.4 Å². The maximum absolute atomic E-state index is 14.0. The van der Waals surface area contributed by atoms with Crippen molar-refractivity contribution in [2.75, 3.05) is 0 Å². The van der Waals surface area contributed by atoms with Gasteiger partial charge in [0.25, 0.3) is 0 Å². The summed E-state index contributed by atoms with van der Waals surface area (Å²) < 4.78 is 19.6. The molecule has 4 rings (SSSR count). The van der Waals surface area contributed by atoms with Crippen LogP contribution in [0.1, 0.15) is 5.56 Å². The Balaban J connectivity index is 1.78. The van der Waals surface area contributed by atoms with Gasteiger partial charge in [0.05, 0.1) is 12.0 Å². The fourth-order valence-corrected chi connectivity index (χ4v) is 4.21. The van der Waals surface area contributed by atoms with E-state index in [9.17, 15) is 29.0 Å². The van der Waals surface area contributed by atoms with Gasteiger partial charge in [-0.3, -0.25) is 9.59 Å². The van der Waals surface area contributed by atoms with Crippen LogP contribution in [0.25, 0.3) is 0 Å². The highest BCUT2D eigenvalue weighted by Gasteiger charge is 2.73. The molecule has 5 unspecified atom stereocenters. The van der Waals surface area contributed by atoms with Gasteiger partial charge in [-0.2, -0.15) is 0 Å². The molecule has 1 aromatic carbocycles. The first kappa shape index (κ1) is 15.8. The Kier molecular flexibility index (Phi) is 3.23. The van der Waals surface area contributed by atoms with E-state index in [0.717, 1.165) is 4.90 Å². The molecule has 1 amide bonds. The Morgan fingerprint density at radius 2 is 1.96 bits per heavy atom. The van der Waals surface area contributed by atoms with Crippen molar-refractivity contribution in [1.29, 1.82) is 0 Å². The van der Waals surface area contributed by atoms with Gasteiger partial charge in [0.15, 0.2) is 6.04 Å². The zero-order valence-corrected chi connectivity index (χ0v) is 12.8. The minimum Gasteiger partial charge on any atom is -0.481 e. The van der Waals surface area contributed by atoms with Crippen LogP contribution in [0.3, 0.4) is 0 Å². The maximum atomic E-state index is 14.0. The lowest BCUT2D eigenvalue weighted by molar-refractivity contribution is -0.153. The molecule has 8 heteroatoms. The number of ether oxygens (including phenoxy) is 1. The van der Waals surface area contributed by atoms with Gasteiger partial charge < -0.3 is 19.8 Å². The van der Waals surface area contributed by atoms with Crippen LogP contribution in [0.5, 0.6) is 0 Å². The summed E-state index contributed by atoms with van der Waals surface area (Å²) >= 11 is 0. The molecule has 1 aromatic rings. The van der Waals surface area contributed by atoms with Crippen molar-refractivity contribution in [3.05, 3.63) is 47.8 Å². The van der Waals surface area contributed by atoms with E-state index >= 15 is 0 Å². The molecule has 0 aliphatic carbocycles. The molecule has 130 valence electrons. The Morgan fingerprint density at radius 1 is 1.24 bits per heavy atom. The molecule has 1 spiro atoms. The zero-order chi connectivity index (χ0) is 17.9. The minimum absolute atomic E-state index is 0.156. The third-order valence-electron chi connectivity index (χ3n) is 5.19. The summed E-state index contributed by atoms with van der Waals surface area (Å²) in [5, 5.41) is 19.1. The molecule has 0 aromatic heterocycles. The van der Waals surface area contributed by atoms with E-state index in [0.29, 0.717) is 0 Å². The molecule has 2 saturated heterocycles. The quantitative estimate of drug-likeness (QED) is 0.775. The van der Waals surface area contributed by atoms with E-state index in [1.54, 1.807) is 6.07 Å². The number of benzene rings is 1. The molecule has 3 aliphatic rings. The van der Waals surface area contributed by atoms with Gasteiger partial charge in [0.1, 0.15) is 17.3 Å². The van der Waals surface area contributed by atoms with E-state index in [2.05, 4.69) is 0 Å². The molecular formula is C17H14FNO6. The van der Waals surface area contributed by atoms with Crippen LogP contribution < -0.4 is 0 Å². The first-order valence-electron chi connectivity index (χ1n) is 7.73. The Hall–Kier alpha value is -2.74. The van der Waals surface area contributed by atoms with Crippen molar-refractivity contribution in [3.63, 3.8) is 0 Å². The number of carboxylic acids is 2. The Bertz CT molecular complexity index is 823. The van der Waals surface area contributed by atoms with E-state index in [1.807, 2.05) is 0 Å². The highest BCUT2D eigenvalue weighted by Crippen LogP contribution is 2.55. The number of carbonyl (C=O) groups excluding carboxylic acids is 1. The summed E-state index contributed by atoms with van der Waals surface area (Å²) in [5.41, 5.74) is -1.37. The zero-order valence-electron chi connectivity index (χ0n) is 12.8. The number of hydrogen-bond donors (Lipinski definition) is 2. The molecule has 0 radical (unpaired) electrons. The predicted molar refractivity (Wildman–Crippen MR) is 79.7 cm³/mol. The van der Waals surface area contributed by atoms with Crippen LogP contribution >= 0.6 is 0 Å². The van der Waals surface area contributed by atoms with Crippen LogP contribution in [0.4, 0.5) is 4.39 Å². The van der Waals surface area contributed by atoms with Gasteiger partial charge in [-0.05, 0) is 6.07 Å². The van der Waals surface area contributed by atoms with Gasteiger partial charge in [-0.15, -0.1) is 0 Å². The van der Waals surface area contributed by atoms with E-state index < -0.39 is 53.2 Å². The van der Waals surface area contributed by atoms with Crippen LogP contribution in [0.2, 0.25) is 0 Å². The number of hydrogen-bond acceptors (Lipinski definition) is 4. The highest BCUT2D eigenvalue weighted by atomic mass is 19.1. The molecule has 3 heterocycles. The summed E-state index contributed by atoms with van der Waals surface area (Å²) in [7, 11) is 0. The van der Waals surface area contributed by atoms with Crippen LogP contribution in [-0.2, 0) is 25.7 Å². The molecule has 5 atom stereocenters. The topological polar surface area (TPSA) is 104 Å². The normalized spacial score (nSPS) is 35.2. The summed E-state index contributed by atoms with van der Waals surface area (Å²) in [6.07, 6.45) is 2.13. The minimum atomic E-state index is -1.53. The van der Waals surface area contributed by atoms with Crippen LogP contribution in [-0.4, -0.2) is 50.7 Å². The maximum Gasteiger partial charge on any atom is 0.329 e. The second-order valence-corrected chi connectivity index (χ2v) is 6.44. The third-order valence-corrected chi connectivity index (χ3v) is 5.19. The number of likely N-dealkylation sites (tertiary alicyclic amines) is 1. The second-order valence-electron chi connectivity index (χ2n) is 6.44. The average Bonchev–Trinajstić information content (AvgIpc) is 3.17. The first-order chi connectivity index (χ1) is 11.9. The number of fused-ring (bicyclic) bond motifs is 1. The lowest BCUT2D eigenvalue weighted by Crippen LogP contribution is -2.50. The van der Waals surface area contributed by atoms with Gasteiger partial charge in [0, 0.05) is 12.1 Å². The number of amides is 1. The predicted octanol–water partition coefficient (Wildman–Crippen LogP) is 0.645. The molecule has 2 N–H and O–H groups in total. The highest BCUT2D eigenvalue weighted by molar-refractivity contribution is 5.97. The number of aliphatic carboxylic acids is 2. The van der Waals surface area contributed by atoms with E-state index in [4.69, 9.17) is 4.74 Å². The molecule has 2 fully saturated rings. The number of carboxylic acid groups (broad SMARTS) is 2. The van der Waals surface area contributed by atoms with Crippen molar-refractivity contribution in [3.8, 4) is 0 Å². The van der Waals surface area contributed by atoms with Crippen molar-refractivity contribution < 1.29 is 33.7 Å². The summed E-state index contributed by atoms with van der Waals surface area (Å²) in [6.45, 7) is -0.269. The molecule has 3 aliphatic heterocycles. The van der Waals surface area contributed by atoms with Crippen molar-refractivity contribution in [1.82, 2.24) is 4.90 Å². The van der Waals surface area contributed by atoms with Gasteiger partial charge in [-0.25, -0.2) is 9.18 Å². The van der Waals surface area contributed by atoms with E-state index in [-0.39, 0.29) is 12.1 Å². The standard InChI is InChI=1S/C17H14FNO6/c18-9-4-2-1-3-8(9)7-19-13(16(23)24)17-6-5-10(25-17)11(15(21)22)12(17)14(19)20/h1-6,10-13H,7H2,(H,21,22)(H,23,24). The summed E-state index contributed by atoms with van der Waals surface area (Å²) in [6, 6.07) is 4.33. The van der Waals surface area contributed by atoms with Gasteiger partial charge >= 0.3 is 11.9 Å². The van der Waals surface area contributed by atoms with Crippen molar-refractivity contribution in [2.24, 2.45) is 11.8 Å². The third kappa shape index (κ3) is 1.97. The second kappa shape index (κ2) is 5.13.